The minimum Gasteiger partial charge on any atom is -0.310 e. The van der Waals surface area contributed by atoms with E-state index in [1.807, 2.05) is 42.5 Å². The molecule has 2 aromatic rings. The van der Waals surface area contributed by atoms with Crippen molar-refractivity contribution in [1.82, 2.24) is 5.32 Å². The molecule has 0 radical (unpaired) electrons. The van der Waals surface area contributed by atoms with Gasteiger partial charge in [0, 0.05) is 18.1 Å². The molecule has 22 heavy (non-hydrogen) atoms. The minimum atomic E-state index is -0.201. The van der Waals surface area contributed by atoms with E-state index in [9.17, 15) is 4.79 Å². The highest BCUT2D eigenvalue weighted by Gasteiger charge is 2.32. The molecule has 1 aliphatic heterocycles. The standard InChI is InChI=1S/C17H16Cl2N2O/c18-13-6-2-1-5-12(13)11-20-15-9-10-21(17(15)22)16-8-4-3-7-14(16)19/h1-8,15,20H,9-11H2. The van der Waals surface area contributed by atoms with Crippen molar-refractivity contribution in [3.8, 4) is 0 Å². The first-order valence-corrected chi connectivity index (χ1v) is 7.95. The normalized spacial score (nSPS) is 18.0. The van der Waals surface area contributed by atoms with Gasteiger partial charge in [-0.25, -0.2) is 0 Å². The van der Waals surface area contributed by atoms with Crippen LogP contribution in [0.2, 0.25) is 10.0 Å². The molecule has 2 aromatic carbocycles. The summed E-state index contributed by atoms with van der Waals surface area (Å²) in [6, 6.07) is 14.9. The van der Waals surface area contributed by atoms with Crippen molar-refractivity contribution in [3.05, 3.63) is 64.1 Å². The van der Waals surface area contributed by atoms with Crippen LogP contribution in [0.1, 0.15) is 12.0 Å². The van der Waals surface area contributed by atoms with Crippen molar-refractivity contribution in [3.63, 3.8) is 0 Å². The zero-order valence-electron chi connectivity index (χ0n) is 11.9. The molecule has 0 aromatic heterocycles. The quantitative estimate of drug-likeness (QED) is 0.919. The predicted molar refractivity (Wildman–Crippen MR) is 90.5 cm³/mol. The first kappa shape index (κ1) is 15.3. The van der Waals surface area contributed by atoms with Gasteiger partial charge < -0.3 is 10.2 Å². The summed E-state index contributed by atoms with van der Waals surface area (Å²) in [5.74, 6) is 0.0557. The summed E-state index contributed by atoms with van der Waals surface area (Å²) in [5.41, 5.74) is 1.77. The van der Waals surface area contributed by atoms with Crippen molar-refractivity contribution in [1.29, 1.82) is 0 Å². The molecule has 3 rings (SSSR count). The Morgan fingerprint density at radius 2 is 1.73 bits per heavy atom. The number of hydrogen-bond donors (Lipinski definition) is 1. The summed E-state index contributed by atoms with van der Waals surface area (Å²) in [4.78, 5) is 14.3. The van der Waals surface area contributed by atoms with Crippen LogP contribution in [0.5, 0.6) is 0 Å². The Balaban J connectivity index is 1.67. The molecule has 0 spiro atoms. The Labute approximate surface area is 139 Å². The van der Waals surface area contributed by atoms with Gasteiger partial charge in [-0.2, -0.15) is 0 Å². The molecule has 3 nitrogen and oxygen atoms in total. The van der Waals surface area contributed by atoms with Gasteiger partial charge in [0.25, 0.3) is 0 Å². The smallest absolute Gasteiger partial charge is 0.244 e. The monoisotopic (exact) mass is 334 g/mol. The number of nitrogens with one attached hydrogen (secondary N) is 1. The van der Waals surface area contributed by atoms with Crippen molar-refractivity contribution in [2.45, 2.75) is 19.0 Å². The Bertz CT molecular complexity index is 690. The second-order valence-electron chi connectivity index (χ2n) is 5.25. The van der Waals surface area contributed by atoms with E-state index in [0.29, 0.717) is 23.1 Å². The summed E-state index contributed by atoms with van der Waals surface area (Å²) in [6.45, 7) is 1.25. The van der Waals surface area contributed by atoms with Crippen molar-refractivity contribution < 1.29 is 4.79 Å². The lowest BCUT2D eigenvalue weighted by molar-refractivity contribution is -0.118. The van der Waals surface area contributed by atoms with Gasteiger partial charge in [-0.05, 0) is 30.2 Å². The highest BCUT2D eigenvalue weighted by atomic mass is 35.5. The molecular weight excluding hydrogens is 319 g/mol. The fraction of sp³-hybridized carbons (Fsp3) is 0.235. The number of carbonyl (C=O) groups excluding carboxylic acids is 1. The van der Waals surface area contributed by atoms with Crippen LogP contribution in [0.3, 0.4) is 0 Å². The van der Waals surface area contributed by atoms with Gasteiger partial charge in [0.2, 0.25) is 5.91 Å². The fourth-order valence-corrected chi connectivity index (χ4v) is 3.09. The van der Waals surface area contributed by atoms with E-state index >= 15 is 0 Å². The molecule has 1 N–H and O–H groups in total. The molecule has 1 aliphatic rings. The van der Waals surface area contributed by atoms with Gasteiger partial charge >= 0.3 is 0 Å². The highest BCUT2D eigenvalue weighted by molar-refractivity contribution is 6.34. The third kappa shape index (κ3) is 3.12. The summed E-state index contributed by atoms with van der Waals surface area (Å²) >= 11 is 12.3. The van der Waals surface area contributed by atoms with Crippen LogP contribution in [-0.2, 0) is 11.3 Å². The molecule has 1 saturated heterocycles. The fourth-order valence-electron chi connectivity index (χ4n) is 2.65. The number of carbonyl (C=O) groups is 1. The summed E-state index contributed by atoms with van der Waals surface area (Å²) < 4.78 is 0. The average molecular weight is 335 g/mol. The second-order valence-corrected chi connectivity index (χ2v) is 6.07. The number of anilines is 1. The number of amides is 1. The zero-order chi connectivity index (χ0) is 15.5. The molecule has 1 amide bonds. The van der Waals surface area contributed by atoms with Crippen LogP contribution in [0.4, 0.5) is 5.69 Å². The van der Waals surface area contributed by atoms with E-state index in [2.05, 4.69) is 5.32 Å². The molecule has 0 bridgehead atoms. The molecule has 1 heterocycles. The Hall–Kier alpha value is -1.55. The minimum absolute atomic E-state index is 0.0557. The summed E-state index contributed by atoms with van der Waals surface area (Å²) in [7, 11) is 0. The lowest BCUT2D eigenvalue weighted by Crippen LogP contribution is -2.38. The first-order chi connectivity index (χ1) is 10.7. The van der Waals surface area contributed by atoms with Crippen molar-refractivity contribution in [2.24, 2.45) is 0 Å². The van der Waals surface area contributed by atoms with Crippen LogP contribution in [-0.4, -0.2) is 18.5 Å². The van der Waals surface area contributed by atoms with E-state index in [1.54, 1.807) is 11.0 Å². The lowest BCUT2D eigenvalue weighted by atomic mass is 10.2. The Morgan fingerprint density at radius 3 is 2.45 bits per heavy atom. The number of nitrogens with zero attached hydrogens (tertiary/aromatic N) is 1. The molecule has 0 saturated carbocycles. The maximum absolute atomic E-state index is 12.5. The van der Waals surface area contributed by atoms with E-state index in [0.717, 1.165) is 17.7 Å². The third-order valence-electron chi connectivity index (χ3n) is 3.85. The maximum atomic E-state index is 12.5. The third-order valence-corrected chi connectivity index (χ3v) is 4.53. The van der Waals surface area contributed by atoms with Crippen molar-refractivity contribution >= 4 is 34.8 Å². The lowest BCUT2D eigenvalue weighted by Gasteiger charge is -2.18. The van der Waals surface area contributed by atoms with Gasteiger partial charge in [0.05, 0.1) is 16.8 Å². The SMILES string of the molecule is O=C1C(NCc2ccccc2Cl)CCN1c1ccccc1Cl. The number of para-hydroxylation sites is 1. The van der Waals surface area contributed by atoms with Crippen LogP contribution in [0, 0.1) is 0 Å². The van der Waals surface area contributed by atoms with Crippen LogP contribution >= 0.6 is 23.2 Å². The van der Waals surface area contributed by atoms with Crippen LogP contribution in [0.25, 0.3) is 0 Å². The van der Waals surface area contributed by atoms with Crippen molar-refractivity contribution in [2.75, 3.05) is 11.4 Å². The van der Waals surface area contributed by atoms with Gasteiger partial charge in [0.1, 0.15) is 0 Å². The molecule has 114 valence electrons. The summed E-state index contributed by atoms with van der Waals surface area (Å²) in [5, 5.41) is 4.60. The molecule has 5 heteroatoms. The average Bonchev–Trinajstić information content (AvgIpc) is 2.88. The van der Waals surface area contributed by atoms with E-state index in [-0.39, 0.29) is 11.9 Å². The topological polar surface area (TPSA) is 32.3 Å². The van der Waals surface area contributed by atoms with Crippen LogP contribution in [0.15, 0.2) is 48.5 Å². The van der Waals surface area contributed by atoms with Gasteiger partial charge in [-0.15, -0.1) is 0 Å². The largest absolute Gasteiger partial charge is 0.310 e. The number of rotatable bonds is 4. The van der Waals surface area contributed by atoms with E-state index < -0.39 is 0 Å². The molecule has 1 atom stereocenters. The molecule has 0 aliphatic carbocycles. The number of halogens is 2. The zero-order valence-corrected chi connectivity index (χ0v) is 13.4. The molecule has 1 fully saturated rings. The number of benzene rings is 2. The molecular formula is C17H16Cl2N2O. The first-order valence-electron chi connectivity index (χ1n) is 7.19. The molecule has 1 unspecified atom stereocenters. The Morgan fingerprint density at radius 1 is 1.05 bits per heavy atom. The van der Waals surface area contributed by atoms with Gasteiger partial charge in [0.15, 0.2) is 0 Å². The second kappa shape index (κ2) is 6.69. The summed E-state index contributed by atoms with van der Waals surface area (Å²) in [6.07, 6.45) is 0.758. The van der Waals surface area contributed by atoms with Gasteiger partial charge in [-0.3, -0.25) is 4.79 Å². The van der Waals surface area contributed by atoms with Gasteiger partial charge in [-0.1, -0.05) is 53.5 Å². The Kier molecular flexibility index (Phi) is 4.67. The highest BCUT2D eigenvalue weighted by Crippen LogP contribution is 2.29. The van der Waals surface area contributed by atoms with E-state index in [4.69, 9.17) is 23.2 Å². The van der Waals surface area contributed by atoms with E-state index in [1.165, 1.54) is 0 Å². The number of hydrogen-bond acceptors (Lipinski definition) is 2. The predicted octanol–water partition coefficient (Wildman–Crippen LogP) is 3.89. The maximum Gasteiger partial charge on any atom is 0.244 e. The van der Waals surface area contributed by atoms with Crippen LogP contribution < -0.4 is 10.2 Å².